The van der Waals surface area contributed by atoms with Crippen molar-refractivity contribution < 1.29 is 4.74 Å². The van der Waals surface area contributed by atoms with Crippen LogP contribution in [-0.4, -0.2) is 6.10 Å². The van der Waals surface area contributed by atoms with Gasteiger partial charge in [-0.3, -0.25) is 0 Å². The molecular weight excluding hydrogens is 288 g/mol. The molecule has 0 amide bonds. The van der Waals surface area contributed by atoms with Crippen LogP contribution >= 0.6 is 15.9 Å². The maximum absolute atomic E-state index is 5.68. The van der Waals surface area contributed by atoms with Crippen molar-refractivity contribution in [3.63, 3.8) is 0 Å². The molecule has 0 saturated heterocycles. The number of benzene rings is 1. The Morgan fingerprint density at radius 2 is 1.67 bits per heavy atom. The van der Waals surface area contributed by atoms with Crippen molar-refractivity contribution in [3.8, 4) is 5.75 Å². The highest BCUT2D eigenvalue weighted by Gasteiger charge is 2.22. The van der Waals surface area contributed by atoms with Crippen LogP contribution in [0.5, 0.6) is 5.75 Å². The first-order valence-electron chi connectivity index (χ1n) is 7.07. The molecule has 2 heteroatoms. The number of ether oxygens (including phenoxy) is 1. The van der Waals surface area contributed by atoms with Crippen LogP contribution in [-0.2, 0) is 0 Å². The second-order valence-electron chi connectivity index (χ2n) is 5.54. The normalized spacial score (nSPS) is 18.9. The second-order valence-corrected chi connectivity index (χ2v) is 6.52. The zero-order chi connectivity index (χ0) is 13.0. The first-order chi connectivity index (χ1) is 8.66. The first-order valence-corrected chi connectivity index (χ1v) is 7.99. The SMILES string of the molecule is CC(C)Oc1ccc(C(Br)C2CCCCC2)cc1. The van der Waals surface area contributed by atoms with Crippen molar-refractivity contribution in [1.29, 1.82) is 0 Å². The fraction of sp³-hybridized carbons (Fsp3) is 0.625. The average Bonchev–Trinajstić information content (AvgIpc) is 2.39. The molecule has 0 N–H and O–H groups in total. The molecule has 0 spiro atoms. The number of hydrogen-bond acceptors (Lipinski definition) is 1. The van der Waals surface area contributed by atoms with Gasteiger partial charge in [0.1, 0.15) is 5.75 Å². The second kappa shape index (κ2) is 6.60. The maximum atomic E-state index is 5.68. The molecular formula is C16H23BrO. The molecule has 0 bridgehead atoms. The van der Waals surface area contributed by atoms with Gasteiger partial charge in [0.05, 0.1) is 6.10 Å². The molecule has 1 nitrogen and oxygen atoms in total. The van der Waals surface area contributed by atoms with Crippen molar-refractivity contribution in [2.45, 2.75) is 56.9 Å². The van der Waals surface area contributed by atoms with Gasteiger partial charge in [-0.15, -0.1) is 0 Å². The minimum absolute atomic E-state index is 0.244. The number of hydrogen-bond donors (Lipinski definition) is 0. The number of alkyl halides is 1. The minimum atomic E-state index is 0.244. The summed E-state index contributed by atoms with van der Waals surface area (Å²) in [5.41, 5.74) is 1.39. The standard InChI is InChI=1S/C16H23BrO/c1-12(2)18-15-10-8-14(9-11-15)16(17)13-6-4-3-5-7-13/h8-13,16H,3-7H2,1-2H3. The molecule has 2 rings (SSSR count). The molecule has 1 aliphatic carbocycles. The van der Waals surface area contributed by atoms with Crippen LogP contribution in [0.2, 0.25) is 0 Å². The largest absolute Gasteiger partial charge is 0.491 e. The molecule has 0 aromatic heterocycles. The highest BCUT2D eigenvalue weighted by Crippen LogP contribution is 2.40. The van der Waals surface area contributed by atoms with Gasteiger partial charge in [-0.2, -0.15) is 0 Å². The van der Waals surface area contributed by atoms with Crippen LogP contribution in [0.25, 0.3) is 0 Å². The summed E-state index contributed by atoms with van der Waals surface area (Å²) < 4.78 is 5.68. The summed E-state index contributed by atoms with van der Waals surface area (Å²) in [5, 5.41) is 0. The molecule has 1 atom stereocenters. The van der Waals surface area contributed by atoms with E-state index >= 15 is 0 Å². The quantitative estimate of drug-likeness (QED) is 0.668. The van der Waals surface area contributed by atoms with Crippen molar-refractivity contribution >= 4 is 15.9 Å². The molecule has 1 aromatic rings. The Labute approximate surface area is 119 Å². The van der Waals surface area contributed by atoms with E-state index in [0.717, 1.165) is 11.7 Å². The lowest BCUT2D eigenvalue weighted by Crippen LogP contribution is -2.12. The van der Waals surface area contributed by atoms with Crippen LogP contribution in [0.15, 0.2) is 24.3 Å². The zero-order valence-corrected chi connectivity index (χ0v) is 12.9. The van der Waals surface area contributed by atoms with Crippen molar-refractivity contribution in [3.05, 3.63) is 29.8 Å². The van der Waals surface area contributed by atoms with E-state index in [1.54, 1.807) is 0 Å². The Morgan fingerprint density at radius 1 is 1.06 bits per heavy atom. The molecule has 18 heavy (non-hydrogen) atoms. The van der Waals surface area contributed by atoms with E-state index in [1.165, 1.54) is 37.7 Å². The Morgan fingerprint density at radius 3 is 2.22 bits per heavy atom. The monoisotopic (exact) mass is 310 g/mol. The lowest BCUT2D eigenvalue weighted by atomic mass is 9.85. The van der Waals surface area contributed by atoms with Gasteiger partial charge >= 0.3 is 0 Å². The highest BCUT2D eigenvalue weighted by molar-refractivity contribution is 9.09. The summed E-state index contributed by atoms with van der Waals surface area (Å²) in [6.45, 7) is 4.12. The van der Waals surface area contributed by atoms with E-state index < -0.39 is 0 Å². The van der Waals surface area contributed by atoms with Crippen molar-refractivity contribution in [2.75, 3.05) is 0 Å². The Kier molecular flexibility index (Phi) is 5.11. The van der Waals surface area contributed by atoms with Crippen LogP contribution in [0, 0.1) is 5.92 Å². The average molecular weight is 311 g/mol. The van der Waals surface area contributed by atoms with Gasteiger partial charge in [0.15, 0.2) is 0 Å². The van der Waals surface area contributed by atoms with Gasteiger partial charge < -0.3 is 4.74 Å². The number of halogens is 1. The zero-order valence-electron chi connectivity index (χ0n) is 11.4. The molecule has 0 radical (unpaired) electrons. The van der Waals surface area contributed by atoms with E-state index in [4.69, 9.17) is 4.74 Å². The fourth-order valence-corrected chi connectivity index (χ4v) is 3.54. The van der Waals surface area contributed by atoms with Crippen molar-refractivity contribution in [2.24, 2.45) is 5.92 Å². The molecule has 0 heterocycles. The fourth-order valence-electron chi connectivity index (χ4n) is 2.70. The van der Waals surface area contributed by atoms with Crippen LogP contribution < -0.4 is 4.74 Å². The van der Waals surface area contributed by atoms with Gasteiger partial charge in [0.25, 0.3) is 0 Å². The number of rotatable bonds is 4. The predicted octanol–water partition coefficient (Wildman–Crippen LogP) is 5.49. The van der Waals surface area contributed by atoms with Gasteiger partial charge in [0.2, 0.25) is 0 Å². The Balaban J connectivity index is 1.99. The Bertz CT molecular complexity index is 352. The lowest BCUT2D eigenvalue weighted by Gasteiger charge is -2.26. The highest BCUT2D eigenvalue weighted by atomic mass is 79.9. The Hall–Kier alpha value is -0.500. The molecule has 1 fully saturated rings. The van der Waals surface area contributed by atoms with E-state index in [2.05, 4.69) is 54.0 Å². The molecule has 0 aliphatic heterocycles. The van der Waals surface area contributed by atoms with Gasteiger partial charge in [0, 0.05) is 4.83 Å². The summed E-state index contributed by atoms with van der Waals surface area (Å²) in [6, 6.07) is 8.58. The minimum Gasteiger partial charge on any atom is -0.491 e. The summed E-state index contributed by atoms with van der Waals surface area (Å²) in [5.74, 6) is 1.77. The summed E-state index contributed by atoms with van der Waals surface area (Å²) in [7, 11) is 0. The van der Waals surface area contributed by atoms with Crippen molar-refractivity contribution in [1.82, 2.24) is 0 Å². The van der Waals surface area contributed by atoms with Gasteiger partial charge in [-0.1, -0.05) is 47.3 Å². The van der Waals surface area contributed by atoms with E-state index in [9.17, 15) is 0 Å². The molecule has 1 unspecified atom stereocenters. The van der Waals surface area contributed by atoms with Crippen LogP contribution in [0.3, 0.4) is 0 Å². The summed E-state index contributed by atoms with van der Waals surface area (Å²) >= 11 is 3.88. The third-order valence-electron chi connectivity index (χ3n) is 3.63. The smallest absolute Gasteiger partial charge is 0.119 e. The molecule has 100 valence electrons. The third-order valence-corrected chi connectivity index (χ3v) is 4.91. The molecule has 1 saturated carbocycles. The van der Waals surface area contributed by atoms with Gasteiger partial charge in [-0.05, 0) is 50.3 Å². The van der Waals surface area contributed by atoms with Crippen LogP contribution in [0.1, 0.15) is 56.3 Å². The third kappa shape index (κ3) is 3.74. The van der Waals surface area contributed by atoms with Gasteiger partial charge in [-0.25, -0.2) is 0 Å². The van der Waals surface area contributed by atoms with E-state index in [0.29, 0.717) is 4.83 Å². The summed E-state index contributed by atoms with van der Waals surface area (Å²) in [6.07, 6.45) is 7.16. The lowest BCUT2D eigenvalue weighted by molar-refractivity contribution is 0.242. The van der Waals surface area contributed by atoms with E-state index in [1.807, 2.05) is 0 Å². The predicted molar refractivity (Wildman–Crippen MR) is 80.4 cm³/mol. The van der Waals surface area contributed by atoms with E-state index in [-0.39, 0.29) is 6.10 Å². The molecule has 1 aliphatic rings. The first kappa shape index (κ1) is 13.9. The summed E-state index contributed by atoms with van der Waals surface area (Å²) in [4.78, 5) is 0.505. The van der Waals surface area contributed by atoms with Crippen LogP contribution in [0.4, 0.5) is 0 Å². The topological polar surface area (TPSA) is 9.23 Å². The maximum Gasteiger partial charge on any atom is 0.119 e. The molecule has 1 aromatic carbocycles.